The average Bonchev–Trinajstić information content (AvgIpc) is 2.96. The van der Waals surface area contributed by atoms with Gasteiger partial charge in [0.1, 0.15) is 5.75 Å². The maximum absolute atomic E-state index is 6.08. The Bertz CT molecular complexity index is 431. The van der Waals surface area contributed by atoms with Crippen LogP contribution in [0, 0.1) is 11.3 Å². The molecule has 0 aliphatic heterocycles. The molecule has 1 fully saturated rings. The fourth-order valence-electron chi connectivity index (χ4n) is 2.66. The summed E-state index contributed by atoms with van der Waals surface area (Å²) in [5.74, 6) is 1.46. The van der Waals surface area contributed by atoms with Gasteiger partial charge in [-0.15, -0.1) is 0 Å². The third kappa shape index (κ3) is 2.65. The van der Waals surface area contributed by atoms with E-state index in [4.69, 9.17) is 16.3 Å². The second-order valence-corrected chi connectivity index (χ2v) is 6.14. The molecule has 2 nitrogen and oxygen atoms in total. The minimum atomic E-state index is 0.399. The van der Waals surface area contributed by atoms with E-state index in [9.17, 15) is 0 Å². The molecule has 0 aromatic heterocycles. The molecule has 2 unspecified atom stereocenters. The number of halogens is 1. The zero-order valence-electron chi connectivity index (χ0n) is 11.6. The highest BCUT2D eigenvalue weighted by Gasteiger charge is 2.50. The Morgan fingerprint density at radius 2 is 2.17 bits per heavy atom. The Hall–Kier alpha value is -0.730. The van der Waals surface area contributed by atoms with Gasteiger partial charge in [0.15, 0.2) is 0 Å². The van der Waals surface area contributed by atoms with Crippen molar-refractivity contribution < 1.29 is 4.74 Å². The highest BCUT2D eigenvalue weighted by molar-refractivity contribution is 6.32. The van der Waals surface area contributed by atoms with Gasteiger partial charge in [-0.25, -0.2) is 0 Å². The number of hydrogen-bond donors (Lipinski definition) is 1. The summed E-state index contributed by atoms with van der Waals surface area (Å²) < 4.78 is 5.31. The molecule has 1 aliphatic carbocycles. The van der Waals surface area contributed by atoms with Crippen molar-refractivity contribution in [2.45, 2.75) is 33.2 Å². The van der Waals surface area contributed by atoms with Gasteiger partial charge in [0.05, 0.1) is 12.1 Å². The van der Waals surface area contributed by atoms with Crippen molar-refractivity contribution in [2.75, 3.05) is 13.7 Å². The summed E-state index contributed by atoms with van der Waals surface area (Å²) >= 11 is 6.08. The molecule has 1 aromatic carbocycles. The zero-order valence-corrected chi connectivity index (χ0v) is 12.3. The van der Waals surface area contributed by atoms with Crippen molar-refractivity contribution in [3.8, 4) is 5.75 Å². The van der Waals surface area contributed by atoms with Gasteiger partial charge in [-0.2, -0.15) is 0 Å². The third-order valence-corrected chi connectivity index (χ3v) is 4.26. The first-order valence-corrected chi connectivity index (χ1v) is 6.94. The molecule has 1 aromatic rings. The van der Waals surface area contributed by atoms with Crippen LogP contribution < -0.4 is 10.1 Å². The first-order valence-electron chi connectivity index (χ1n) is 6.56. The molecular formula is C15H22ClNO. The van der Waals surface area contributed by atoms with Crippen LogP contribution in [0.3, 0.4) is 0 Å². The zero-order chi connectivity index (χ0) is 13.3. The topological polar surface area (TPSA) is 21.3 Å². The predicted octanol–water partition coefficient (Wildman–Crippen LogP) is 4.05. The number of ether oxygens (including phenoxy) is 1. The molecule has 2 atom stereocenters. The molecular weight excluding hydrogens is 246 g/mol. The second-order valence-electron chi connectivity index (χ2n) is 5.73. The molecule has 100 valence electrons. The van der Waals surface area contributed by atoms with E-state index in [2.05, 4.69) is 38.2 Å². The smallest absolute Gasteiger partial charge is 0.137 e. The molecule has 0 saturated heterocycles. The number of benzene rings is 1. The van der Waals surface area contributed by atoms with E-state index >= 15 is 0 Å². The average molecular weight is 268 g/mol. The van der Waals surface area contributed by atoms with Crippen LogP contribution in [0.4, 0.5) is 0 Å². The highest BCUT2D eigenvalue weighted by atomic mass is 35.5. The van der Waals surface area contributed by atoms with Gasteiger partial charge in [-0.1, -0.05) is 38.4 Å². The fourth-order valence-corrected chi connectivity index (χ4v) is 2.85. The predicted molar refractivity (Wildman–Crippen MR) is 76.3 cm³/mol. The van der Waals surface area contributed by atoms with Crippen LogP contribution >= 0.6 is 11.6 Å². The summed E-state index contributed by atoms with van der Waals surface area (Å²) in [6, 6.07) is 6.49. The monoisotopic (exact) mass is 267 g/mol. The van der Waals surface area contributed by atoms with E-state index < -0.39 is 0 Å². The molecule has 1 N–H and O–H groups in total. The van der Waals surface area contributed by atoms with Crippen LogP contribution in [-0.4, -0.2) is 13.7 Å². The van der Waals surface area contributed by atoms with Crippen LogP contribution in [0.1, 0.15) is 38.8 Å². The van der Waals surface area contributed by atoms with Gasteiger partial charge in [-0.05, 0) is 42.0 Å². The third-order valence-electron chi connectivity index (χ3n) is 3.95. The summed E-state index contributed by atoms with van der Waals surface area (Å²) in [6.07, 6.45) is 1.27. The van der Waals surface area contributed by atoms with E-state index in [1.54, 1.807) is 7.11 Å². The van der Waals surface area contributed by atoms with Gasteiger partial charge >= 0.3 is 0 Å². The van der Waals surface area contributed by atoms with Gasteiger partial charge in [0.25, 0.3) is 0 Å². The van der Waals surface area contributed by atoms with Crippen LogP contribution in [0.2, 0.25) is 5.02 Å². The van der Waals surface area contributed by atoms with E-state index in [1.807, 2.05) is 6.07 Å². The molecule has 1 saturated carbocycles. The molecule has 1 aliphatic rings. The Morgan fingerprint density at radius 3 is 2.67 bits per heavy atom. The normalized spacial score (nSPS) is 22.6. The molecule has 0 heterocycles. The minimum Gasteiger partial charge on any atom is -0.495 e. The summed E-state index contributed by atoms with van der Waals surface area (Å²) in [7, 11) is 1.66. The second kappa shape index (κ2) is 5.10. The first-order chi connectivity index (χ1) is 8.49. The van der Waals surface area contributed by atoms with E-state index in [0.29, 0.717) is 22.4 Å². The lowest BCUT2D eigenvalue weighted by atomic mass is 9.97. The van der Waals surface area contributed by atoms with Crippen LogP contribution in [-0.2, 0) is 0 Å². The van der Waals surface area contributed by atoms with Crippen molar-refractivity contribution in [3.05, 3.63) is 28.8 Å². The SMILES string of the molecule is CCNC(c1ccc(Cl)c(OC)c1)C1CC1(C)C. The molecule has 0 amide bonds. The molecule has 3 heteroatoms. The molecule has 0 bridgehead atoms. The van der Waals surface area contributed by atoms with Crippen LogP contribution in [0.25, 0.3) is 0 Å². The van der Waals surface area contributed by atoms with Gasteiger partial charge < -0.3 is 10.1 Å². The number of methoxy groups -OCH3 is 1. The van der Waals surface area contributed by atoms with E-state index in [1.165, 1.54) is 12.0 Å². The Balaban J connectivity index is 2.26. The maximum Gasteiger partial charge on any atom is 0.137 e. The quantitative estimate of drug-likeness (QED) is 0.869. The van der Waals surface area contributed by atoms with Crippen molar-refractivity contribution in [3.63, 3.8) is 0 Å². The lowest BCUT2D eigenvalue weighted by molar-refractivity contribution is 0.405. The van der Waals surface area contributed by atoms with Gasteiger partial charge in [-0.3, -0.25) is 0 Å². The summed E-state index contributed by atoms with van der Waals surface area (Å²) in [5, 5.41) is 4.26. The Kier molecular flexibility index (Phi) is 3.88. The van der Waals surface area contributed by atoms with Gasteiger partial charge in [0.2, 0.25) is 0 Å². The maximum atomic E-state index is 6.08. The molecule has 0 spiro atoms. The molecule has 2 rings (SSSR count). The fraction of sp³-hybridized carbons (Fsp3) is 0.600. The Morgan fingerprint density at radius 1 is 1.50 bits per heavy atom. The van der Waals surface area contributed by atoms with Crippen LogP contribution in [0.15, 0.2) is 18.2 Å². The lowest BCUT2D eigenvalue weighted by Gasteiger charge is -2.21. The summed E-state index contributed by atoms with van der Waals surface area (Å²) in [5.41, 5.74) is 1.72. The standard InChI is InChI=1S/C15H22ClNO/c1-5-17-14(11-9-15(11,2)3)10-6-7-12(16)13(8-10)18-4/h6-8,11,14,17H,5,9H2,1-4H3. The van der Waals surface area contributed by atoms with Crippen LogP contribution in [0.5, 0.6) is 5.75 Å². The highest BCUT2D eigenvalue weighted by Crippen LogP contribution is 2.57. The Labute approximate surface area is 115 Å². The molecule has 18 heavy (non-hydrogen) atoms. The number of hydrogen-bond acceptors (Lipinski definition) is 2. The van der Waals surface area contributed by atoms with Crippen molar-refractivity contribution in [1.29, 1.82) is 0 Å². The van der Waals surface area contributed by atoms with Crippen molar-refractivity contribution >= 4 is 11.6 Å². The van der Waals surface area contributed by atoms with E-state index in [-0.39, 0.29) is 0 Å². The summed E-state index contributed by atoms with van der Waals surface area (Å²) in [4.78, 5) is 0. The number of rotatable bonds is 5. The first kappa shape index (κ1) is 13.7. The lowest BCUT2D eigenvalue weighted by Crippen LogP contribution is -2.24. The van der Waals surface area contributed by atoms with Crippen molar-refractivity contribution in [2.24, 2.45) is 11.3 Å². The number of nitrogens with one attached hydrogen (secondary N) is 1. The minimum absolute atomic E-state index is 0.399. The largest absolute Gasteiger partial charge is 0.495 e. The summed E-state index contributed by atoms with van der Waals surface area (Å²) in [6.45, 7) is 7.78. The van der Waals surface area contributed by atoms with Crippen molar-refractivity contribution in [1.82, 2.24) is 5.32 Å². The molecule has 0 radical (unpaired) electrons. The van der Waals surface area contributed by atoms with E-state index in [0.717, 1.165) is 12.3 Å². The van der Waals surface area contributed by atoms with Gasteiger partial charge in [0, 0.05) is 6.04 Å².